The fourth-order valence-corrected chi connectivity index (χ4v) is 5.07. The van der Waals surface area contributed by atoms with Gasteiger partial charge in [-0.25, -0.2) is 0 Å². The summed E-state index contributed by atoms with van der Waals surface area (Å²) in [5.41, 5.74) is 6.62. The van der Waals surface area contributed by atoms with Gasteiger partial charge in [0.2, 0.25) is 11.9 Å². The topological polar surface area (TPSA) is 209 Å². The van der Waals surface area contributed by atoms with E-state index in [1.54, 1.807) is 56.3 Å². The van der Waals surface area contributed by atoms with Gasteiger partial charge in [-0.15, -0.1) is 0 Å². The number of anilines is 4. The van der Waals surface area contributed by atoms with Crippen molar-refractivity contribution in [3.8, 4) is 6.01 Å². The van der Waals surface area contributed by atoms with Crippen molar-refractivity contribution in [2.24, 2.45) is 11.1 Å². The Morgan fingerprint density at radius 3 is 2.17 bits per heavy atom. The number of alkyl halides is 3. The summed E-state index contributed by atoms with van der Waals surface area (Å²) < 4.78 is 43.6. The van der Waals surface area contributed by atoms with Gasteiger partial charge < -0.3 is 37.1 Å². The van der Waals surface area contributed by atoms with E-state index in [1.807, 2.05) is 12.1 Å². The fraction of sp³-hybridized carbons (Fsp3) is 0.286. The van der Waals surface area contributed by atoms with Crippen molar-refractivity contribution in [1.29, 1.82) is 5.41 Å². The van der Waals surface area contributed by atoms with Gasteiger partial charge >= 0.3 is 24.0 Å². The number of benzene rings is 3. The number of amides is 3. The van der Waals surface area contributed by atoms with Gasteiger partial charge in [0.1, 0.15) is 5.84 Å². The molecule has 5 rings (SSSR count). The zero-order valence-electron chi connectivity index (χ0n) is 28.5. The summed E-state index contributed by atoms with van der Waals surface area (Å²) >= 11 is 6.03. The molecule has 53 heavy (non-hydrogen) atoms. The number of ether oxygens (including phenoxy) is 1. The summed E-state index contributed by atoms with van der Waals surface area (Å²) in [6.45, 7) is 2.19. The summed E-state index contributed by atoms with van der Waals surface area (Å²) in [5, 5.41) is 22.0. The molecule has 1 aliphatic rings. The summed E-state index contributed by atoms with van der Waals surface area (Å²) in [7, 11) is 0. The first-order chi connectivity index (χ1) is 25.0. The lowest BCUT2D eigenvalue weighted by Crippen LogP contribution is -2.45. The molecule has 0 unspecified atom stereocenters. The zero-order chi connectivity index (χ0) is 38.4. The highest BCUT2D eigenvalue weighted by atomic mass is 35.5. The molecule has 1 aromatic heterocycles. The number of aromatic nitrogens is 3. The molecule has 18 heteroatoms. The molecule has 4 aromatic rings. The number of hydrogen-bond donors (Lipinski definition) is 7. The predicted octanol–water partition coefficient (Wildman–Crippen LogP) is 5.11. The molecular formula is C35H36ClF3N10O4. The van der Waals surface area contributed by atoms with Crippen LogP contribution in [0.5, 0.6) is 6.01 Å². The summed E-state index contributed by atoms with van der Waals surface area (Å²) in [5.74, 6) is -2.47. The van der Waals surface area contributed by atoms with Gasteiger partial charge in [-0.05, 0) is 72.4 Å². The molecule has 0 spiro atoms. The van der Waals surface area contributed by atoms with E-state index in [1.165, 1.54) is 18.2 Å². The lowest BCUT2D eigenvalue weighted by Gasteiger charge is -2.25. The van der Waals surface area contributed by atoms with Crippen molar-refractivity contribution in [2.75, 3.05) is 35.6 Å². The van der Waals surface area contributed by atoms with Gasteiger partial charge in [0.15, 0.2) is 6.61 Å². The van der Waals surface area contributed by atoms with Crippen molar-refractivity contribution in [1.82, 2.24) is 25.6 Å². The summed E-state index contributed by atoms with van der Waals surface area (Å²) in [4.78, 5) is 50.1. The SMILES string of the molecule is CC(C)(CNC(=O)C(=O)Nc1cccc(C(=N)N)c1)CNC(=O)c1ccc(Nc2nc(NC3(c4ccc(Cl)cc4)CC3)nc(OCC(F)(F)F)n2)cc1. The Labute approximate surface area is 307 Å². The first-order valence-corrected chi connectivity index (χ1v) is 16.6. The Balaban J connectivity index is 1.16. The van der Waals surface area contributed by atoms with Crippen LogP contribution in [0.15, 0.2) is 72.8 Å². The van der Waals surface area contributed by atoms with E-state index in [4.69, 9.17) is 27.5 Å². The van der Waals surface area contributed by atoms with Crippen molar-refractivity contribution in [3.05, 3.63) is 94.5 Å². The van der Waals surface area contributed by atoms with Crippen molar-refractivity contribution < 1.29 is 32.3 Å². The second kappa shape index (κ2) is 15.7. The number of amidine groups is 1. The highest BCUT2D eigenvalue weighted by molar-refractivity contribution is 6.39. The number of hydrogen-bond acceptors (Lipinski definition) is 10. The van der Waals surface area contributed by atoms with Gasteiger partial charge in [0.05, 0.1) is 5.54 Å². The third-order valence-corrected chi connectivity index (χ3v) is 8.23. The Hall–Kier alpha value is -5.97. The number of rotatable bonds is 14. The predicted molar refractivity (Wildman–Crippen MR) is 192 cm³/mol. The molecule has 0 radical (unpaired) electrons. The average Bonchev–Trinajstić information content (AvgIpc) is 3.89. The maximum atomic E-state index is 12.9. The minimum Gasteiger partial charge on any atom is -0.454 e. The molecule has 0 bridgehead atoms. The van der Waals surface area contributed by atoms with Gasteiger partial charge in [0.25, 0.3) is 5.91 Å². The smallest absolute Gasteiger partial charge is 0.422 e. The van der Waals surface area contributed by atoms with Crippen LogP contribution >= 0.6 is 11.6 Å². The lowest BCUT2D eigenvalue weighted by atomic mass is 9.93. The lowest BCUT2D eigenvalue weighted by molar-refractivity contribution is -0.154. The van der Waals surface area contributed by atoms with Gasteiger partial charge in [-0.3, -0.25) is 19.8 Å². The van der Waals surface area contributed by atoms with Crippen LogP contribution in [0.25, 0.3) is 0 Å². The molecule has 0 saturated heterocycles. The van der Waals surface area contributed by atoms with E-state index in [9.17, 15) is 27.6 Å². The molecule has 0 aliphatic heterocycles. The van der Waals surface area contributed by atoms with E-state index >= 15 is 0 Å². The maximum absolute atomic E-state index is 12.9. The molecule has 3 amide bonds. The second-order valence-corrected chi connectivity index (χ2v) is 13.5. The molecule has 1 fully saturated rings. The Morgan fingerprint density at radius 1 is 0.868 bits per heavy atom. The number of carbonyl (C=O) groups is 3. The number of nitrogens with one attached hydrogen (secondary N) is 6. The number of halogens is 4. The largest absolute Gasteiger partial charge is 0.454 e. The average molecular weight is 753 g/mol. The van der Waals surface area contributed by atoms with Gasteiger partial charge in [-0.2, -0.15) is 28.1 Å². The minimum absolute atomic E-state index is 0.00186. The summed E-state index contributed by atoms with van der Waals surface area (Å²) in [6, 6.07) is 19.0. The van der Waals surface area contributed by atoms with Crippen LogP contribution in [-0.2, 0) is 15.1 Å². The molecule has 3 aromatic carbocycles. The van der Waals surface area contributed by atoms with Crippen LogP contribution in [0, 0.1) is 10.8 Å². The number of nitrogen functional groups attached to an aromatic ring is 1. The normalized spacial score (nSPS) is 13.3. The van der Waals surface area contributed by atoms with E-state index in [0.717, 1.165) is 18.4 Å². The number of carbonyl (C=O) groups excluding carboxylic acids is 3. The molecule has 14 nitrogen and oxygen atoms in total. The van der Waals surface area contributed by atoms with Crippen molar-refractivity contribution in [3.63, 3.8) is 0 Å². The third-order valence-electron chi connectivity index (χ3n) is 7.97. The molecule has 8 N–H and O–H groups in total. The van der Waals surface area contributed by atoms with Crippen LogP contribution in [0.3, 0.4) is 0 Å². The van der Waals surface area contributed by atoms with E-state index < -0.39 is 47.5 Å². The molecule has 1 heterocycles. The molecule has 1 saturated carbocycles. The monoisotopic (exact) mass is 752 g/mol. The van der Waals surface area contributed by atoms with Crippen LogP contribution in [-0.4, -0.2) is 64.4 Å². The van der Waals surface area contributed by atoms with Gasteiger partial charge in [0, 0.05) is 40.6 Å². The third kappa shape index (κ3) is 11.0. The first-order valence-electron chi connectivity index (χ1n) is 16.2. The molecule has 0 atom stereocenters. The van der Waals surface area contributed by atoms with Gasteiger partial charge in [-0.1, -0.05) is 49.7 Å². The van der Waals surface area contributed by atoms with Crippen molar-refractivity contribution in [2.45, 2.75) is 38.4 Å². The Kier molecular flexibility index (Phi) is 11.4. The molecule has 1 aliphatic carbocycles. The highest BCUT2D eigenvalue weighted by Crippen LogP contribution is 2.48. The second-order valence-electron chi connectivity index (χ2n) is 13.1. The number of nitrogens with zero attached hydrogens (tertiary/aromatic N) is 3. The first kappa shape index (κ1) is 38.3. The molecule has 278 valence electrons. The minimum atomic E-state index is -4.61. The van der Waals surface area contributed by atoms with E-state index in [0.29, 0.717) is 27.5 Å². The van der Waals surface area contributed by atoms with E-state index in [2.05, 4.69) is 41.5 Å². The summed E-state index contributed by atoms with van der Waals surface area (Å²) in [6.07, 6.45) is -3.15. The van der Waals surface area contributed by atoms with Crippen LogP contribution in [0.4, 0.5) is 36.4 Å². The van der Waals surface area contributed by atoms with Crippen molar-refractivity contribution >= 4 is 58.4 Å². The quantitative estimate of drug-likeness (QED) is 0.0515. The van der Waals surface area contributed by atoms with Crippen LogP contribution < -0.4 is 37.1 Å². The molecular weight excluding hydrogens is 717 g/mol. The van der Waals surface area contributed by atoms with E-state index in [-0.39, 0.29) is 30.8 Å². The van der Waals surface area contributed by atoms with Crippen LogP contribution in [0.2, 0.25) is 5.02 Å². The Bertz CT molecular complexity index is 1990. The standard InChI is InChI=1S/C35H36ClF3N10O4/c1-33(2,18-43-28(51)29(52)44-25-5-3-4-21(16-25)26(40)41)17-42-27(50)20-6-12-24(13-7-20)45-30-46-31(48-32(47-30)53-19-35(37,38)39)49-34(14-15-34)22-8-10-23(36)11-9-22/h3-13,16H,14-15,17-19H2,1-2H3,(H3,40,41)(H,42,50)(H,43,51)(H,44,52)(H2,45,46,47,48,49). The van der Waals surface area contributed by atoms with Crippen LogP contribution in [0.1, 0.15) is 48.2 Å². The number of nitrogens with two attached hydrogens (primary N) is 1. The maximum Gasteiger partial charge on any atom is 0.422 e. The Morgan fingerprint density at radius 2 is 1.53 bits per heavy atom. The highest BCUT2D eigenvalue weighted by Gasteiger charge is 2.45. The fourth-order valence-electron chi connectivity index (χ4n) is 4.94. The zero-order valence-corrected chi connectivity index (χ0v) is 29.3.